The Bertz CT molecular complexity index is 475. The van der Waals surface area contributed by atoms with Crippen LogP contribution >= 0.6 is 0 Å². The molecule has 2 N–H and O–H groups in total. The van der Waals surface area contributed by atoms with Crippen LogP contribution < -0.4 is 10.6 Å². The van der Waals surface area contributed by atoms with Crippen LogP contribution in [-0.4, -0.2) is 88.2 Å². The molecule has 0 saturated carbocycles. The molecule has 202 valence electrons. The predicted octanol–water partition coefficient (Wildman–Crippen LogP) is 4.87. The number of hydrogen-bond donors (Lipinski definition) is 2. The maximum absolute atomic E-state index is 12.2. The van der Waals surface area contributed by atoms with Crippen molar-refractivity contribution < 1.29 is 18.6 Å². The molecule has 0 spiro atoms. The van der Waals surface area contributed by atoms with Crippen LogP contribution in [0.15, 0.2) is 0 Å². The first kappa shape index (κ1) is 32.9. The van der Waals surface area contributed by atoms with Gasteiger partial charge in [0.15, 0.2) is 13.1 Å². The molecule has 0 aromatic heterocycles. The third-order valence-electron chi connectivity index (χ3n) is 6.63. The second-order valence-electron chi connectivity index (χ2n) is 11.6. The van der Waals surface area contributed by atoms with E-state index in [-0.39, 0.29) is 11.8 Å². The topological polar surface area (TPSA) is 58.2 Å². The highest BCUT2D eigenvalue weighted by Gasteiger charge is 2.20. The average molecular weight is 485 g/mol. The Balaban J connectivity index is 3.75. The highest BCUT2D eigenvalue weighted by Crippen LogP contribution is 2.10. The van der Waals surface area contributed by atoms with E-state index < -0.39 is 0 Å². The predicted molar refractivity (Wildman–Crippen MR) is 146 cm³/mol. The molecular weight excluding hydrogens is 424 g/mol. The number of carbonyl (C=O) groups excluding carboxylic acids is 2. The molecule has 6 nitrogen and oxygen atoms in total. The van der Waals surface area contributed by atoms with Crippen LogP contribution in [0.2, 0.25) is 0 Å². The summed E-state index contributed by atoms with van der Waals surface area (Å²) in [6.45, 7) is 9.31. The van der Waals surface area contributed by atoms with Gasteiger partial charge in [0, 0.05) is 13.1 Å². The summed E-state index contributed by atoms with van der Waals surface area (Å²) in [6, 6.07) is 0. The van der Waals surface area contributed by atoms with Crippen molar-refractivity contribution in [2.24, 2.45) is 0 Å². The molecule has 0 radical (unpaired) electrons. The van der Waals surface area contributed by atoms with E-state index in [0.29, 0.717) is 13.1 Å². The monoisotopic (exact) mass is 484 g/mol. The van der Waals surface area contributed by atoms with Crippen molar-refractivity contribution in [2.45, 2.75) is 104 Å². The van der Waals surface area contributed by atoms with Crippen LogP contribution in [0.1, 0.15) is 104 Å². The van der Waals surface area contributed by atoms with Crippen LogP contribution in [-0.2, 0) is 9.59 Å². The number of rotatable bonds is 23. The fraction of sp³-hybridized carbons (Fsp3) is 0.929. The summed E-state index contributed by atoms with van der Waals surface area (Å²) >= 11 is 0. The molecule has 34 heavy (non-hydrogen) atoms. The SMILES string of the molecule is CCCCCCNC(=O)C[N+](C)(C)CCCCCCCC[N+](C)(C)CC(=O)NCCCCCC. The number of likely N-dealkylation sites (N-methyl/N-ethyl adjacent to an activating group) is 2. The van der Waals surface area contributed by atoms with E-state index in [2.05, 4.69) is 52.7 Å². The Morgan fingerprint density at radius 2 is 0.824 bits per heavy atom. The molecule has 0 aromatic rings. The lowest BCUT2D eigenvalue weighted by molar-refractivity contribution is -0.882. The molecule has 0 heterocycles. The van der Waals surface area contributed by atoms with E-state index in [4.69, 9.17) is 0 Å². The van der Waals surface area contributed by atoms with Gasteiger partial charge in [-0.3, -0.25) is 9.59 Å². The van der Waals surface area contributed by atoms with E-state index in [9.17, 15) is 9.59 Å². The summed E-state index contributed by atoms with van der Waals surface area (Å²) in [6.07, 6.45) is 16.9. The van der Waals surface area contributed by atoms with Crippen molar-refractivity contribution in [3.05, 3.63) is 0 Å². The van der Waals surface area contributed by atoms with Crippen LogP contribution in [0.3, 0.4) is 0 Å². The van der Waals surface area contributed by atoms with E-state index in [1.54, 1.807) is 0 Å². The number of amides is 2. The van der Waals surface area contributed by atoms with Crippen LogP contribution in [0, 0.1) is 0 Å². The van der Waals surface area contributed by atoms with Crippen LogP contribution in [0.5, 0.6) is 0 Å². The molecule has 0 aliphatic carbocycles. The van der Waals surface area contributed by atoms with E-state index in [1.807, 2.05) is 0 Å². The number of quaternary nitrogens is 2. The fourth-order valence-electron chi connectivity index (χ4n) is 4.39. The maximum Gasteiger partial charge on any atom is 0.275 e. The largest absolute Gasteiger partial charge is 0.351 e. The van der Waals surface area contributed by atoms with Crippen molar-refractivity contribution in [3.63, 3.8) is 0 Å². The zero-order valence-corrected chi connectivity index (χ0v) is 23.9. The van der Waals surface area contributed by atoms with Gasteiger partial charge in [0.1, 0.15) is 0 Å². The zero-order chi connectivity index (χ0) is 25.7. The Morgan fingerprint density at radius 1 is 0.500 bits per heavy atom. The standard InChI is InChI=1S/C28H58N4O2/c1-7-9-11-17-21-29-27(33)25-31(3,4)23-19-15-13-14-16-20-24-32(5,6)26-28(34)30-22-18-12-10-8-2/h7-26H2,1-6H3/p+2. The summed E-state index contributed by atoms with van der Waals surface area (Å²) in [5.74, 6) is 0.375. The summed E-state index contributed by atoms with van der Waals surface area (Å²) in [5.41, 5.74) is 0. The Kier molecular flexibility index (Phi) is 19.4. The van der Waals surface area contributed by atoms with Gasteiger partial charge in [0.2, 0.25) is 0 Å². The highest BCUT2D eigenvalue weighted by atomic mass is 16.2. The normalized spacial score (nSPS) is 12.1. The second-order valence-corrected chi connectivity index (χ2v) is 11.6. The molecule has 0 atom stereocenters. The van der Waals surface area contributed by atoms with Gasteiger partial charge >= 0.3 is 0 Å². The average Bonchev–Trinajstić information content (AvgIpc) is 2.74. The van der Waals surface area contributed by atoms with Crippen molar-refractivity contribution >= 4 is 11.8 Å². The smallest absolute Gasteiger partial charge is 0.275 e. The minimum absolute atomic E-state index is 0.187. The molecule has 0 bridgehead atoms. The van der Waals surface area contributed by atoms with Crippen molar-refractivity contribution in [2.75, 3.05) is 67.5 Å². The highest BCUT2D eigenvalue weighted by molar-refractivity contribution is 5.77. The second kappa shape index (κ2) is 20.1. The van der Waals surface area contributed by atoms with Gasteiger partial charge in [-0.2, -0.15) is 0 Å². The van der Waals surface area contributed by atoms with Gasteiger partial charge in [-0.25, -0.2) is 0 Å². The molecule has 0 rings (SSSR count). The first-order valence-electron chi connectivity index (χ1n) is 14.3. The van der Waals surface area contributed by atoms with Gasteiger partial charge in [0.25, 0.3) is 11.8 Å². The van der Waals surface area contributed by atoms with Crippen LogP contribution in [0.25, 0.3) is 0 Å². The summed E-state index contributed by atoms with van der Waals surface area (Å²) in [4.78, 5) is 24.4. The Labute approximate surface area is 212 Å². The number of nitrogens with one attached hydrogen (secondary N) is 2. The van der Waals surface area contributed by atoms with Gasteiger partial charge in [-0.1, -0.05) is 65.2 Å². The van der Waals surface area contributed by atoms with E-state index in [1.165, 1.54) is 77.0 Å². The number of nitrogens with zero attached hydrogens (tertiary/aromatic N) is 2. The minimum atomic E-state index is 0.187. The lowest BCUT2D eigenvalue weighted by Gasteiger charge is -2.29. The van der Waals surface area contributed by atoms with Crippen LogP contribution in [0.4, 0.5) is 0 Å². The summed E-state index contributed by atoms with van der Waals surface area (Å²) < 4.78 is 1.54. The number of hydrogen-bond acceptors (Lipinski definition) is 2. The molecule has 0 fully saturated rings. The Morgan fingerprint density at radius 3 is 1.18 bits per heavy atom. The van der Waals surface area contributed by atoms with Crippen molar-refractivity contribution in [1.82, 2.24) is 10.6 Å². The van der Waals surface area contributed by atoms with Gasteiger partial charge in [-0.05, 0) is 38.5 Å². The van der Waals surface area contributed by atoms with Crippen molar-refractivity contribution in [1.29, 1.82) is 0 Å². The summed E-state index contributed by atoms with van der Waals surface area (Å²) in [5, 5.41) is 6.16. The molecule has 0 aliphatic rings. The number of carbonyl (C=O) groups is 2. The quantitative estimate of drug-likeness (QED) is 0.160. The third-order valence-corrected chi connectivity index (χ3v) is 6.63. The van der Waals surface area contributed by atoms with Gasteiger partial charge in [-0.15, -0.1) is 0 Å². The molecule has 0 aliphatic heterocycles. The lowest BCUT2D eigenvalue weighted by Crippen LogP contribution is -2.48. The van der Waals surface area contributed by atoms with E-state index >= 15 is 0 Å². The first-order valence-corrected chi connectivity index (χ1v) is 14.3. The summed E-state index contributed by atoms with van der Waals surface area (Å²) in [7, 11) is 8.66. The molecule has 2 amide bonds. The molecule has 0 aromatic carbocycles. The Hall–Kier alpha value is -1.14. The number of unbranched alkanes of at least 4 members (excludes halogenated alkanes) is 11. The first-order chi connectivity index (χ1) is 16.1. The lowest BCUT2D eigenvalue weighted by atomic mass is 10.1. The van der Waals surface area contributed by atoms with Gasteiger partial charge < -0.3 is 19.6 Å². The van der Waals surface area contributed by atoms with Crippen molar-refractivity contribution in [3.8, 4) is 0 Å². The third kappa shape index (κ3) is 21.4. The molecule has 0 unspecified atom stereocenters. The minimum Gasteiger partial charge on any atom is -0.351 e. The maximum atomic E-state index is 12.2. The molecule has 6 heteroatoms. The molecular formula is C28H60N4O2+2. The fourth-order valence-corrected chi connectivity index (χ4v) is 4.39. The van der Waals surface area contributed by atoms with Gasteiger partial charge in [0.05, 0.1) is 41.3 Å². The molecule has 0 saturated heterocycles. The van der Waals surface area contributed by atoms with E-state index in [0.717, 1.165) is 48.0 Å². The zero-order valence-electron chi connectivity index (χ0n) is 23.9.